The molecule has 8 nitrogen and oxygen atoms in total. The summed E-state index contributed by atoms with van der Waals surface area (Å²) in [4.78, 5) is 51.7. The maximum Gasteiger partial charge on any atom is 0.425 e. The summed E-state index contributed by atoms with van der Waals surface area (Å²) in [6, 6.07) is -1.25. The molecule has 1 spiro atoms. The molecule has 2 aliphatic rings. The van der Waals surface area contributed by atoms with Crippen molar-refractivity contribution in [2.24, 2.45) is 0 Å². The molecule has 0 atom stereocenters. The van der Waals surface area contributed by atoms with E-state index >= 15 is 0 Å². The summed E-state index contributed by atoms with van der Waals surface area (Å²) in [7, 11) is 0. The number of halogens is 2. The molecule has 0 aromatic carbocycles. The third-order valence-electron chi connectivity index (χ3n) is 4.37. The molecule has 1 aliphatic heterocycles. The molecule has 0 aromatic heterocycles. The van der Waals surface area contributed by atoms with Crippen LogP contribution in [0, 0.1) is 0 Å². The van der Waals surface area contributed by atoms with Gasteiger partial charge in [-0.05, 0) is 54.4 Å². The highest BCUT2D eigenvalue weighted by Crippen LogP contribution is 2.46. The molecule has 158 valence electrons. The molecule has 1 heterocycles. The molecule has 0 unspecified atom stereocenters. The number of urea groups is 1. The van der Waals surface area contributed by atoms with Crippen LogP contribution in [0.4, 0.5) is 23.2 Å². The smallest absolute Gasteiger partial charge is 0.425 e. The van der Waals surface area contributed by atoms with Crippen molar-refractivity contribution < 1.29 is 37.4 Å². The molecule has 28 heavy (non-hydrogen) atoms. The van der Waals surface area contributed by atoms with Crippen LogP contribution in [-0.2, 0) is 14.3 Å². The van der Waals surface area contributed by atoms with Gasteiger partial charge in [0.15, 0.2) is 0 Å². The lowest BCUT2D eigenvalue weighted by atomic mass is 9.79. The van der Waals surface area contributed by atoms with E-state index in [-0.39, 0.29) is 4.90 Å². The van der Waals surface area contributed by atoms with Crippen molar-refractivity contribution >= 4 is 24.1 Å². The van der Waals surface area contributed by atoms with E-state index in [1.807, 2.05) is 0 Å². The van der Waals surface area contributed by atoms with Gasteiger partial charge in [-0.1, -0.05) is 0 Å². The zero-order valence-corrected chi connectivity index (χ0v) is 16.9. The Kier molecular flexibility index (Phi) is 5.24. The topological polar surface area (TPSA) is 93.2 Å². The lowest BCUT2D eigenvalue weighted by Crippen LogP contribution is -2.56. The van der Waals surface area contributed by atoms with E-state index in [9.17, 15) is 28.0 Å². The Hall–Kier alpha value is -2.26. The highest BCUT2D eigenvalue weighted by molar-refractivity contribution is 6.20. The summed E-state index contributed by atoms with van der Waals surface area (Å²) in [5.74, 6) is -4.07. The first-order chi connectivity index (χ1) is 12.5. The number of ether oxygens (including phenoxy) is 2. The predicted molar refractivity (Wildman–Crippen MR) is 92.7 cm³/mol. The van der Waals surface area contributed by atoms with Gasteiger partial charge in [0.2, 0.25) is 5.92 Å². The van der Waals surface area contributed by atoms with Gasteiger partial charge in [0.05, 0.1) is 0 Å². The van der Waals surface area contributed by atoms with E-state index < -0.39 is 72.5 Å². The van der Waals surface area contributed by atoms with E-state index in [2.05, 4.69) is 0 Å². The largest absolute Gasteiger partial charge is 0.443 e. The minimum absolute atomic E-state index is 0.207. The van der Waals surface area contributed by atoms with Crippen LogP contribution < -0.4 is 0 Å². The molecule has 1 aliphatic carbocycles. The van der Waals surface area contributed by atoms with Crippen molar-refractivity contribution in [2.75, 3.05) is 0 Å². The second-order valence-corrected chi connectivity index (χ2v) is 9.11. The molecule has 5 amide bonds. The van der Waals surface area contributed by atoms with Crippen LogP contribution in [0.2, 0.25) is 0 Å². The molecule has 1 saturated carbocycles. The monoisotopic (exact) mass is 404 g/mol. The van der Waals surface area contributed by atoms with Gasteiger partial charge in [-0.15, -0.1) is 0 Å². The van der Waals surface area contributed by atoms with Gasteiger partial charge in [0.1, 0.15) is 16.7 Å². The third kappa shape index (κ3) is 4.25. The summed E-state index contributed by atoms with van der Waals surface area (Å²) < 4.78 is 37.7. The van der Waals surface area contributed by atoms with Crippen LogP contribution in [0.3, 0.4) is 0 Å². The molecule has 2 fully saturated rings. The minimum Gasteiger partial charge on any atom is -0.443 e. The predicted octanol–water partition coefficient (Wildman–Crippen LogP) is 4.07. The Morgan fingerprint density at radius 1 is 0.857 bits per heavy atom. The van der Waals surface area contributed by atoms with Crippen molar-refractivity contribution in [1.29, 1.82) is 0 Å². The van der Waals surface area contributed by atoms with E-state index in [4.69, 9.17) is 9.47 Å². The van der Waals surface area contributed by atoms with Gasteiger partial charge in [0.25, 0.3) is 5.91 Å². The number of nitrogens with zero attached hydrogens (tertiary/aromatic N) is 2. The van der Waals surface area contributed by atoms with Crippen molar-refractivity contribution in [1.82, 2.24) is 9.80 Å². The van der Waals surface area contributed by atoms with E-state index in [1.54, 1.807) is 41.5 Å². The first kappa shape index (κ1) is 22.0. The van der Waals surface area contributed by atoms with E-state index in [0.717, 1.165) is 0 Å². The standard InChI is InChI=1S/C18H26F2N2O6/c1-15(2,3)27-13(25)21-11(23)17(7-9-18(19,20)10-8-17)22(12(21)24)14(26)28-16(4,5)6/h7-10H2,1-6H3. The fourth-order valence-corrected chi connectivity index (χ4v) is 3.17. The van der Waals surface area contributed by atoms with Crippen molar-refractivity contribution in [3.63, 3.8) is 0 Å². The number of carbonyl (C=O) groups excluding carboxylic acids is 4. The number of carbonyl (C=O) groups is 4. The number of hydrogen-bond donors (Lipinski definition) is 0. The molecule has 2 rings (SSSR count). The normalized spacial score (nSPS) is 21.9. The zero-order valence-electron chi connectivity index (χ0n) is 16.9. The van der Waals surface area contributed by atoms with Gasteiger partial charge in [-0.2, -0.15) is 4.90 Å². The molecule has 1 saturated heterocycles. The van der Waals surface area contributed by atoms with Crippen LogP contribution in [0.1, 0.15) is 67.2 Å². The lowest BCUT2D eigenvalue weighted by Gasteiger charge is -2.39. The highest BCUT2D eigenvalue weighted by Gasteiger charge is 2.65. The Balaban J connectivity index is 2.44. The molecule has 10 heteroatoms. The average Bonchev–Trinajstić information content (AvgIpc) is 2.66. The van der Waals surface area contributed by atoms with E-state index in [1.165, 1.54) is 0 Å². The Bertz CT molecular complexity index is 698. The molecular formula is C18H26F2N2O6. The summed E-state index contributed by atoms with van der Waals surface area (Å²) in [6.07, 6.45) is -4.76. The Morgan fingerprint density at radius 3 is 1.71 bits per heavy atom. The number of alkyl halides is 2. The summed E-state index contributed by atoms with van der Waals surface area (Å²) in [6.45, 7) is 9.29. The number of imide groups is 4. The highest BCUT2D eigenvalue weighted by atomic mass is 19.3. The summed E-state index contributed by atoms with van der Waals surface area (Å²) in [5.41, 5.74) is -3.90. The second kappa shape index (κ2) is 6.66. The molecule has 0 radical (unpaired) electrons. The van der Waals surface area contributed by atoms with Crippen LogP contribution in [0.15, 0.2) is 0 Å². The average molecular weight is 404 g/mol. The van der Waals surface area contributed by atoms with Crippen molar-refractivity contribution in [2.45, 2.75) is 89.9 Å². The van der Waals surface area contributed by atoms with Gasteiger partial charge in [-0.3, -0.25) is 4.79 Å². The fourth-order valence-electron chi connectivity index (χ4n) is 3.17. The van der Waals surface area contributed by atoms with Crippen LogP contribution in [0.25, 0.3) is 0 Å². The minimum atomic E-state index is -3.02. The van der Waals surface area contributed by atoms with Gasteiger partial charge < -0.3 is 9.47 Å². The van der Waals surface area contributed by atoms with Crippen molar-refractivity contribution in [3.05, 3.63) is 0 Å². The maximum atomic E-state index is 13.7. The Morgan fingerprint density at radius 2 is 1.29 bits per heavy atom. The quantitative estimate of drug-likeness (QED) is 0.565. The second-order valence-electron chi connectivity index (χ2n) is 9.11. The maximum absolute atomic E-state index is 13.7. The first-order valence-corrected chi connectivity index (χ1v) is 9.02. The Labute approximate surface area is 162 Å². The molecular weight excluding hydrogens is 378 g/mol. The van der Waals surface area contributed by atoms with Gasteiger partial charge >= 0.3 is 18.2 Å². The van der Waals surface area contributed by atoms with Crippen molar-refractivity contribution in [3.8, 4) is 0 Å². The summed E-state index contributed by atoms with van der Waals surface area (Å²) >= 11 is 0. The molecule has 0 N–H and O–H groups in total. The van der Waals surface area contributed by atoms with Crippen LogP contribution >= 0.6 is 0 Å². The van der Waals surface area contributed by atoms with Gasteiger partial charge in [-0.25, -0.2) is 28.1 Å². The number of hydrogen-bond acceptors (Lipinski definition) is 6. The van der Waals surface area contributed by atoms with Crippen LogP contribution in [-0.4, -0.2) is 56.6 Å². The zero-order chi connectivity index (χ0) is 21.7. The number of rotatable bonds is 0. The third-order valence-corrected chi connectivity index (χ3v) is 4.37. The number of amides is 5. The fraction of sp³-hybridized carbons (Fsp3) is 0.778. The molecule has 0 aromatic rings. The van der Waals surface area contributed by atoms with E-state index in [0.29, 0.717) is 4.90 Å². The SMILES string of the molecule is CC(C)(C)OC(=O)N1C(=O)N(C(=O)OC(C)(C)C)C2(CCC(F)(F)CC2)C1=O. The first-order valence-electron chi connectivity index (χ1n) is 9.02. The lowest BCUT2D eigenvalue weighted by molar-refractivity contribution is -0.139. The van der Waals surface area contributed by atoms with Gasteiger partial charge in [0, 0.05) is 12.8 Å². The summed E-state index contributed by atoms with van der Waals surface area (Å²) in [5, 5.41) is 0. The van der Waals surface area contributed by atoms with Crippen LogP contribution in [0.5, 0.6) is 0 Å². The molecule has 0 bridgehead atoms.